The van der Waals surface area contributed by atoms with Crippen molar-refractivity contribution >= 4 is 5.91 Å². The molecular weight excluding hydrogens is 190 g/mol. The highest BCUT2D eigenvalue weighted by atomic mass is 16.2. The molecule has 1 saturated carbocycles. The summed E-state index contributed by atoms with van der Waals surface area (Å²) in [7, 11) is 0. The van der Waals surface area contributed by atoms with Crippen LogP contribution in [-0.4, -0.2) is 43.0 Å². The molecule has 4 nitrogen and oxygen atoms in total. The second-order valence-corrected chi connectivity index (χ2v) is 5.08. The van der Waals surface area contributed by atoms with Crippen LogP contribution in [0.3, 0.4) is 0 Å². The number of likely N-dealkylation sites (tertiary alicyclic amines) is 1. The van der Waals surface area contributed by atoms with Crippen molar-refractivity contribution in [2.45, 2.75) is 25.8 Å². The van der Waals surface area contributed by atoms with Gasteiger partial charge in [0.1, 0.15) is 0 Å². The van der Waals surface area contributed by atoms with Gasteiger partial charge in [-0.1, -0.05) is 6.92 Å². The van der Waals surface area contributed by atoms with Crippen molar-refractivity contribution in [1.29, 1.82) is 0 Å². The monoisotopic (exact) mass is 211 g/mol. The minimum absolute atomic E-state index is 0.156. The zero-order valence-corrected chi connectivity index (χ0v) is 9.41. The molecule has 0 aromatic rings. The van der Waals surface area contributed by atoms with Crippen LogP contribution in [0.2, 0.25) is 0 Å². The van der Waals surface area contributed by atoms with Gasteiger partial charge >= 0.3 is 0 Å². The highest BCUT2D eigenvalue weighted by Crippen LogP contribution is 2.27. The summed E-state index contributed by atoms with van der Waals surface area (Å²) in [6.07, 6.45) is 2.57. The number of hydrogen-bond acceptors (Lipinski definition) is 3. The maximum Gasteiger partial charge on any atom is 0.234 e. The van der Waals surface area contributed by atoms with Gasteiger partial charge in [-0.15, -0.1) is 0 Å². The zero-order chi connectivity index (χ0) is 10.8. The van der Waals surface area contributed by atoms with Crippen LogP contribution in [0.25, 0.3) is 0 Å². The molecular formula is C11H21N3O. The van der Waals surface area contributed by atoms with E-state index in [0.29, 0.717) is 12.5 Å². The van der Waals surface area contributed by atoms with E-state index in [1.54, 1.807) is 0 Å². The zero-order valence-electron chi connectivity index (χ0n) is 9.41. The van der Waals surface area contributed by atoms with Crippen LogP contribution in [-0.2, 0) is 4.79 Å². The summed E-state index contributed by atoms with van der Waals surface area (Å²) in [6.45, 7) is 5.35. The molecule has 1 amide bonds. The highest BCUT2D eigenvalue weighted by Gasteiger charge is 2.28. The fourth-order valence-corrected chi connectivity index (χ4v) is 2.06. The van der Waals surface area contributed by atoms with E-state index in [-0.39, 0.29) is 11.9 Å². The van der Waals surface area contributed by atoms with Gasteiger partial charge in [-0.25, -0.2) is 0 Å². The second-order valence-electron chi connectivity index (χ2n) is 5.08. The van der Waals surface area contributed by atoms with E-state index in [9.17, 15) is 4.79 Å². The van der Waals surface area contributed by atoms with E-state index in [2.05, 4.69) is 17.1 Å². The van der Waals surface area contributed by atoms with Crippen LogP contribution in [0.15, 0.2) is 0 Å². The third kappa shape index (κ3) is 3.18. The van der Waals surface area contributed by atoms with E-state index >= 15 is 0 Å². The Labute approximate surface area is 91.2 Å². The van der Waals surface area contributed by atoms with Crippen LogP contribution in [0.1, 0.15) is 19.8 Å². The molecule has 2 unspecified atom stereocenters. The first-order chi connectivity index (χ1) is 7.15. The first-order valence-electron chi connectivity index (χ1n) is 5.90. The minimum Gasteiger partial charge on any atom is -0.355 e. The summed E-state index contributed by atoms with van der Waals surface area (Å²) < 4.78 is 0. The molecule has 1 saturated heterocycles. The third-order valence-corrected chi connectivity index (χ3v) is 3.40. The predicted octanol–water partition coefficient (Wildman–Crippen LogP) is -0.208. The van der Waals surface area contributed by atoms with Crippen molar-refractivity contribution in [1.82, 2.24) is 10.2 Å². The number of nitrogens with one attached hydrogen (secondary N) is 1. The molecule has 3 N–H and O–H groups in total. The molecule has 1 aliphatic carbocycles. The molecule has 0 spiro atoms. The average Bonchev–Trinajstić information content (AvgIpc) is 2.93. The van der Waals surface area contributed by atoms with E-state index in [0.717, 1.165) is 25.6 Å². The molecule has 86 valence electrons. The van der Waals surface area contributed by atoms with Crippen molar-refractivity contribution in [2.24, 2.45) is 17.6 Å². The van der Waals surface area contributed by atoms with E-state index in [1.807, 2.05) is 0 Å². The Morgan fingerprint density at radius 1 is 1.47 bits per heavy atom. The van der Waals surface area contributed by atoms with Gasteiger partial charge in [0.05, 0.1) is 6.54 Å². The largest absolute Gasteiger partial charge is 0.355 e. The van der Waals surface area contributed by atoms with Crippen molar-refractivity contribution in [3.8, 4) is 0 Å². The molecule has 2 atom stereocenters. The normalized spacial score (nSPS) is 31.9. The lowest BCUT2D eigenvalue weighted by Crippen LogP contribution is -2.38. The van der Waals surface area contributed by atoms with Gasteiger partial charge in [0.15, 0.2) is 0 Å². The number of carbonyl (C=O) groups excluding carboxylic acids is 1. The third-order valence-electron chi connectivity index (χ3n) is 3.40. The standard InChI is InChI=1S/C11H21N3O/c1-8-5-14(6-10(8)12)7-11(15)13-4-9-2-3-9/h8-10H,2-7,12H2,1H3,(H,13,15). The lowest BCUT2D eigenvalue weighted by atomic mass is 10.1. The Morgan fingerprint density at radius 2 is 2.20 bits per heavy atom. The van der Waals surface area contributed by atoms with Crippen LogP contribution in [0, 0.1) is 11.8 Å². The number of rotatable bonds is 4. The Morgan fingerprint density at radius 3 is 2.73 bits per heavy atom. The molecule has 2 aliphatic rings. The van der Waals surface area contributed by atoms with Crippen LogP contribution in [0.5, 0.6) is 0 Å². The summed E-state index contributed by atoms with van der Waals surface area (Å²) in [5.74, 6) is 1.43. The predicted molar refractivity (Wildman–Crippen MR) is 59.3 cm³/mol. The molecule has 15 heavy (non-hydrogen) atoms. The molecule has 1 aliphatic heterocycles. The summed E-state index contributed by atoms with van der Waals surface area (Å²) in [5, 5.41) is 2.98. The molecule has 1 heterocycles. The van der Waals surface area contributed by atoms with Gasteiger partial charge < -0.3 is 11.1 Å². The van der Waals surface area contributed by atoms with Crippen LogP contribution >= 0.6 is 0 Å². The van der Waals surface area contributed by atoms with Crippen molar-refractivity contribution < 1.29 is 4.79 Å². The molecule has 0 bridgehead atoms. The maximum atomic E-state index is 11.6. The number of hydrogen-bond donors (Lipinski definition) is 2. The minimum atomic E-state index is 0.156. The molecule has 2 rings (SSSR count). The van der Waals surface area contributed by atoms with Crippen molar-refractivity contribution in [3.05, 3.63) is 0 Å². The fraction of sp³-hybridized carbons (Fsp3) is 0.909. The van der Waals surface area contributed by atoms with Crippen LogP contribution < -0.4 is 11.1 Å². The van der Waals surface area contributed by atoms with Gasteiger partial charge in [-0.2, -0.15) is 0 Å². The van der Waals surface area contributed by atoms with E-state index in [4.69, 9.17) is 5.73 Å². The summed E-state index contributed by atoms with van der Waals surface area (Å²) in [6, 6.07) is 0.237. The number of nitrogens with zero attached hydrogens (tertiary/aromatic N) is 1. The summed E-state index contributed by atoms with van der Waals surface area (Å²) in [4.78, 5) is 13.7. The van der Waals surface area contributed by atoms with Crippen LogP contribution in [0.4, 0.5) is 0 Å². The Kier molecular flexibility index (Phi) is 3.26. The average molecular weight is 211 g/mol. The van der Waals surface area contributed by atoms with Gasteiger partial charge in [0.2, 0.25) is 5.91 Å². The Balaban J connectivity index is 1.65. The molecule has 2 fully saturated rings. The van der Waals surface area contributed by atoms with Gasteiger partial charge in [-0.05, 0) is 24.7 Å². The molecule has 0 aromatic carbocycles. The SMILES string of the molecule is CC1CN(CC(=O)NCC2CC2)CC1N. The fourth-order valence-electron chi connectivity index (χ4n) is 2.06. The summed E-state index contributed by atoms with van der Waals surface area (Å²) in [5.41, 5.74) is 5.90. The smallest absolute Gasteiger partial charge is 0.234 e. The van der Waals surface area contributed by atoms with Gasteiger partial charge in [-0.3, -0.25) is 9.69 Å². The topological polar surface area (TPSA) is 58.4 Å². The van der Waals surface area contributed by atoms with E-state index < -0.39 is 0 Å². The highest BCUT2D eigenvalue weighted by molar-refractivity contribution is 5.78. The molecule has 0 aromatic heterocycles. The molecule has 4 heteroatoms. The first-order valence-corrected chi connectivity index (χ1v) is 5.90. The number of amides is 1. The Hall–Kier alpha value is -0.610. The van der Waals surface area contributed by atoms with E-state index in [1.165, 1.54) is 12.8 Å². The second kappa shape index (κ2) is 4.49. The number of nitrogens with two attached hydrogens (primary N) is 1. The summed E-state index contributed by atoms with van der Waals surface area (Å²) >= 11 is 0. The van der Waals surface area contributed by atoms with Gasteiger partial charge in [0.25, 0.3) is 0 Å². The maximum absolute atomic E-state index is 11.6. The van der Waals surface area contributed by atoms with Gasteiger partial charge in [0, 0.05) is 25.7 Å². The lowest BCUT2D eigenvalue weighted by molar-refractivity contribution is -0.122. The molecule has 0 radical (unpaired) electrons. The van der Waals surface area contributed by atoms with Crippen molar-refractivity contribution in [3.63, 3.8) is 0 Å². The first kappa shape index (κ1) is 10.9. The Bertz CT molecular complexity index is 230. The lowest BCUT2D eigenvalue weighted by Gasteiger charge is -2.14. The van der Waals surface area contributed by atoms with Crippen molar-refractivity contribution in [2.75, 3.05) is 26.2 Å². The number of carbonyl (C=O) groups is 1. The quantitative estimate of drug-likeness (QED) is 0.676.